The van der Waals surface area contributed by atoms with Crippen LogP contribution in [0.25, 0.3) is 0 Å². The maximum absolute atomic E-state index is 9.04. The van der Waals surface area contributed by atoms with Gasteiger partial charge in [-0.05, 0) is 23.7 Å². The van der Waals surface area contributed by atoms with E-state index in [-0.39, 0.29) is 5.15 Å². The van der Waals surface area contributed by atoms with Crippen LogP contribution in [0.2, 0.25) is 5.15 Å². The zero-order valence-corrected chi connectivity index (χ0v) is 11.9. The Morgan fingerprint density at radius 3 is 2.90 bits per heavy atom. The summed E-state index contributed by atoms with van der Waals surface area (Å²) in [6.45, 7) is 1.29. The summed E-state index contributed by atoms with van der Waals surface area (Å²) in [7, 11) is 0. The molecule has 0 bridgehead atoms. The van der Waals surface area contributed by atoms with Crippen molar-refractivity contribution in [2.24, 2.45) is 0 Å². The summed E-state index contributed by atoms with van der Waals surface area (Å²) >= 11 is 6.99. The van der Waals surface area contributed by atoms with E-state index in [1.165, 1.54) is 0 Å². The Kier molecular flexibility index (Phi) is 3.63. The second-order valence-electron chi connectivity index (χ2n) is 4.13. The van der Waals surface area contributed by atoms with Gasteiger partial charge in [0.15, 0.2) is 16.7 Å². The first-order valence-electron chi connectivity index (χ1n) is 6.00. The molecule has 7 heteroatoms. The summed E-state index contributed by atoms with van der Waals surface area (Å²) in [6, 6.07) is 7.58. The molecule has 1 N–H and O–H groups in total. The van der Waals surface area contributed by atoms with Crippen molar-refractivity contribution in [3.63, 3.8) is 0 Å². The van der Waals surface area contributed by atoms with E-state index in [1.54, 1.807) is 0 Å². The van der Waals surface area contributed by atoms with Crippen molar-refractivity contribution in [1.82, 2.24) is 4.37 Å². The lowest BCUT2D eigenvalue weighted by Crippen LogP contribution is -1.97. The third kappa shape index (κ3) is 2.50. The highest BCUT2D eigenvalue weighted by Gasteiger charge is 2.14. The average molecular weight is 308 g/mol. The van der Waals surface area contributed by atoms with E-state index in [0.717, 1.165) is 29.4 Å². The van der Waals surface area contributed by atoms with E-state index >= 15 is 0 Å². The number of hydrogen-bond donors (Lipinski definition) is 1. The minimum absolute atomic E-state index is 0.217. The number of aromatic nitrogens is 1. The quantitative estimate of drug-likeness (QED) is 0.918. The fourth-order valence-electron chi connectivity index (χ4n) is 1.83. The van der Waals surface area contributed by atoms with Crippen LogP contribution < -0.4 is 14.8 Å². The second-order valence-corrected chi connectivity index (χ2v) is 5.26. The molecule has 0 saturated carbocycles. The van der Waals surface area contributed by atoms with E-state index < -0.39 is 0 Å². The van der Waals surface area contributed by atoms with Gasteiger partial charge >= 0.3 is 0 Å². The molecule has 5 nitrogen and oxygen atoms in total. The highest BCUT2D eigenvalue weighted by Crippen LogP contribution is 2.35. The number of halogens is 1. The number of rotatable bonds is 2. The van der Waals surface area contributed by atoms with Crippen LogP contribution in [-0.2, 0) is 0 Å². The molecule has 20 heavy (non-hydrogen) atoms. The lowest BCUT2D eigenvalue weighted by molar-refractivity contribution is 0.297. The van der Waals surface area contributed by atoms with E-state index in [0.29, 0.717) is 29.5 Å². The average Bonchev–Trinajstić information content (AvgIpc) is 2.66. The van der Waals surface area contributed by atoms with Crippen molar-refractivity contribution in [3.8, 4) is 17.6 Å². The Bertz CT molecular complexity index is 681. The molecule has 102 valence electrons. The molecule has 2 aromatic rings. The molecule has 0 fully saturated rings. The van der Waals surface area contributed by atoms with Crippen LogP contribution in [0.1, 0.15) is 12.0 Å². The summed E-state index contributed by atoms with van der Waals surface area (Å²) < 4.78 is 15.1. The number of fused-ring (bicyclic) bond motifs is 1. The Morgan fingerprint density at radius 1 is 1.30 bits per heavy atom. The van der Waals surface area contributed by atoms with Crippen molar-refractivity contribution in [3.05, 3.63) is 28.9 Å². The maximum Gasteiger partial charge on any atom is 0.163 e. The molecule has 1 aromatic heterocycles. The van der Waals surface area contributed by atoms with Gasteiger partial charge in [-0.2, -0.15) is 9.64 Å². The first-order chi connectivity index (χ1) is 9.78. The number of nitriles is 1. The number of benzene rings is 1. The van der Waals surface area contributed by atoms with Crippen LogP contribution in [0.5, 0.6) is 11.5 Å². The van der Waals surface area contributed by atoms with Gasteiger partial charge in [-0.3, -0.25) is 0 Å². The minimum atomic E-state index is 0.217. The summed E-state index contributed by atoms with van der Waals surface area (Å²) in [6.07, 6.45) is 0.862. The van der Waals surface area contributed by atoms with Crippen LogP contribution in [0.3, 0.4) is 0 Å². The number of anilines is 2. The normalized spacial score (nSPS) is 13.4. The van der Waals surface area contributed by atoms with Gasteiger partial charge in [-0.25, -0.2) is 0 Å². The standard InChI is InChI=1S/C13H10ClN3O2S/c14-12-9(7-15)13(20-17-12)16-8-2-3-10-11(6-8)19-5-1-4-18-10/h2-3,6,16H,1,4-5H2. The lowest BCUT2D eigenvalue weighted by Gasteiger charge is -2.10. The molecule has 0 radical (unpaired) electrons. The highest BCUT2D eigenvalue weighted by molar-refractivity contribution is 7.10. The van der Waals surface area contributed by atoms with Crippen LogP contribution in [0.4, 0.5) is 10.7 Å². The molecule has 1 aromatic carbocycles. The fraction of sp³-hybridized carbons (Fsp3) is 0.231. The molecule has 1 aliphatic rings. The van der Waals surface area contributed by atoms with Crippen LogP contribution >= 0.6 is 23.1 Å². The van der Waals surface area contributed by atoms with Gasteiger partial charge in [-0.15, -0.1) is 0 Å². The lowest BCUT2D eigenvalue weighted by atomic mass is 10.2. The molecule has 0 saturated heterocycles. The van der Waals surface area contributed by atoms with Gasteiger partial charge in [0, 0.05) is 18.2 Å². The summed E-state index contributed by atoms with van der Waals surface area (Å²) in [5, 5.41) is 13.0. The van der Waals surface area contributed by atoms with Gasteiger partial charge in [0.2, 0.25) is 0 Å². The summed E-state index contributed by atoms with van der Waals surface area (Å²) in [5.41, 5.74) is 1.15. The SMILES string of the molecule is N#Cc1c(Cl)nsc1Nc1ccc2c(c1)OCCCO2. The molecule has 0 amide bonds. The van der Waals surface area contributed by atoms with Crippen molar-refractivity contribution >= 4 is 33.8 Å². The van der Waals surface area contributed by atoms with Crippen LogP contribution in [-0.4, -0.2) is 17.6 Å². The smallest absolute Gasteiger partial charge is 0.163 e. The van der Waals surface area contributed by atoms with Crippen molar-refractivity contribution in [1.29, 1.82) is 5.26 Å². The molecule has 0 spiro atoms. The Labute approximate surface area is 124 Å². The van der Waals surface area contributed by atoms with Gasteiger partial charge in [-0.1, -0.05) is 11.6 Å². The molecular formula is C13H10ClN3O2S. The van der Waals surface area contributed by atoms with Crippen LogP contribution in [0, 0.1) is 11.3 Å². The Morgan fingerprint density at radius 2 is 2.10 bits per heavy atom. The maximum atomic E-state index is 9.04. The number of hydrogen-bond acceptors (Lipinski definition) is 6. The van der Waals surface area contributed by atoms with E-state index in [2.05, 4.69) is 9.69 Å². The zero-order chi connectivity index (χ0) is 13.9. The monoisotopic (exact) mass is 307 g/mol. The molecule has 1 aliphatic heterocycles. The fourth-order valence-corrected chi connectivity index (χ4v) is 2.78. The van der Waals surface area contributed by atoms with Crippen molar-refractivity contribution in [2.45, 2.75) is 6.42 Å². The van der Waals surface area contributed by atoms with E-state index in [1.807, 2.05) is 24.3 Å². The van der Waals surface area contributed by atoms with Crippen LogP contribution in [0.15, 0.2) is 18.2 Å². The largest absolute Gasteiger partial charge is 0.490 e. The number of ether oxygens (including phenoxy) is 2. The predicted molar refractivity (Wildman–Crippen MR) is 77.2 cm³/mol. The van der Waals surface area contributed by atoms with Gasteiger partial charge in [0.1, 0.15) is 16.6 Å². The summed E-state index contributed by atoms with van der Waals surface area (Å²) in [4.78, 5) is 0. The first-order valence-corrected chi connectivity index (χ1v) is 7.15. The van der Waals surface area contributed by atoms with Gasteiger partial charge in [0.25, 0.3) is 0 Å². The molecule has 0 aliphatic carbocycles. The zero-order valence-electron chi connectivity index (χ0n) is 10.4. The molecule has 0 atom stereocenters. The highest BCUT2D eigenvalue weighted by atomic mass is 35.5. The van der Waals surface area contributed by atoms with E-state index in [4.69, 9.17) is 26.3 Å². The van der Waals surface area contributed by atoms with Crippen molar-refractivity contribution < 1.29 is 9.47 Å². The van der Waals surface area contributed by atoms with E-state index in [9.17, 15) is 0 Å². The second kappa shape index (κ2) is 5.57. The van der Waals surface area contributed by atoms with Gasteiger partial charge < -0.3 is 14.8 Å². The first kappa shape index (κ1) is 13.0. The topological polar surface area (TPSA) is 67.2 Å². The molecule has 0 unspecified atom stereocenters. The number of nitrogens with one attached hydrogen (secondary N) is 1. The molecular weight excluding hydrogens is 298 g/mol. The summed E-state index contributed by atoms with van der Waals surface area (Å²) in [5.74, 6) is 1.43. The third-order valence-electron chi connectivity index (χ3n) is 2.77. The third-order valence-corrected chi connectivity index (χ3v) is 3.90. The molecule has 3 rings (SSSR count). The number of nitrogens with zero attached hydrogens (tertiary/aromatic N) is 2. The van der Waals surface area contributed by atoms with Gasteiger partial charge in [0.05, 0.1) is 13.2 Å². The van der Waals surface area contributed by atoms with Crippen molar-refractivity contribution in [2.75, 3.05) is 18.5 Å². The Hall–Kier alpha value is -1.97. The molecule has 2 heterocycles. The Balaban J connectivity index is 1.88. The minimum Gasteiger partial charge on any atom is -0.490 e. The predicted octanol–water partition coefficient (Wildman–Crippen LogP) is 3.57.